The zero-order valence-corrected chi connectivity index (χ0v) is 11.4. The highest BCUT2D eigenvalue weighted by atomic mass is 32.2. The standard InChI is InChI=1S/C12H13FN2O4S/c1-7(16)14-10(11(17)18)6-20-12(19)15-9-5-3-2-4-8(9)13/h2-5,10H,6H2,1H3,(H,14,16)(H,15,19)(H,17,18)/t10-/m0/s1. The molecule has 1 rings (SSSR count). The molecule has 0 radical (unpaired) electrons. The van der Waals surface area contributed by atoms with E-state index in [1.807, 2.05) is 0 Å². The lowest BCUT2D eigenvalue weighted by Gasteiger charge is -2.12. The largest absolute Gasteiger partial charge is 0.480 e. The number of rotatable bonds is 5. The number of carboxylic acid groups (broad SMARTS) is 1. The number of halogens is 1. The van der Waals surface area contributed by atoms with E-state index in [1.54, 1.807) is 6.07 Å². The molecule has 0 aromatic heterocycles. The minimum atomic E-state index is -1.24. The normalized spacial score (nSPS) is 11.5. The van der Waals surface area contributed by atoms with Gasteiger partial charge in [-0.1, -0.05) is 23.9 Å². The van der Waals surface area contributed by atoms with Crippen LogP contribution in [-0.2, 0) is 9.59 Å². The summed E-state index contributed by atoms with van der Waals surface area (Å²) in [4.78, 5) is 33.2. The fourth-order valence-corrected chi connectivity index (χ4v) is 2.01. The zero-order chi connectivity index (χ0) is 15.1. The average molecular weight is 300 g/mol. The number of benzene rings is 1. The summed E-state index contributed by atoms with van der Waals surface area (Å²) in [6.07, 6.45) is 0. The molecule has 3 N–H and O–H groups in total. The van der Waals surface area contributed by atoms with Crippen molar-refractivity contribution in [1.29, 1.82) is 0 Å². The van der Waals surface area contributed by atoms with Gasteiger partial charge in [0, 0.05) is 12.7 Å². The predicted molar refractivity (Wildman–Crippen MR) is 73.1 cm³/mol. The van der Waals surface area contributed by atoms with Gasteiger partial charge in [-0.2, -0.15) is 0 Å². The predicted octanol–water partition coefficient (Wildman–Crippen LogP) is 1.68. The topological polar surface area (TPSA) is 95.5 Å². The molecule has 0 saturated carbocycles. The maximum Gasteiger partial charge on any atom is 0.327 e. The first kappa shape index (κ1) is 16.0. The van der Waals surface area contributed by atoms with Crippen LogP contribution in [0.2, 0.25) is 0 Å². The summed E-state index contributed by atoms with van der Waals surface area (Å²) in [7, 11) is 0. The quantitative estimate of drug-likeness (QED) is 0.769. The van der Waals surface area contributed by atoms with Gasteiger partial charge < -0.3 is 15.7 Å². The number of amides is 2. The SMILES string of the molecule is CC(=O)N[C@@H](CSC(=O)Nc1ccccc1F)C(=O)O. The summed E-state index contributed by atoms with van der Waals surface area (Å²) < 4.78 is 13.3. The van der Waals surface area contributed by atoms with Crippen molar-refractivity contribution in [2.75, 3.05) is 11.1 Å². The van der Waals surface area contributed by atoms with Crippen molar-refractivity contribution in [3.8, 4) is 0 Å². The maximum absolute atomic E-state index is 13.3. The first-order valence-corrected chi connectivity index (χ1v) is 6.57. The molecular formula is C12H13FN2O4S. The van der Waals surface area contributed by atoms with Crippen molar-refractivity contribution in [3.63, 3.8) is 0 Å². The summed E-state index contributed by atoms with van der Waals surface area (Å²) in [6.45, 7) is 1.18. The first-order chi connectivity index (χ1) is 9.40. The summed E-state index contributed by atoms with van der Waals surface area (Å²) in [5, 5.41) is 12.7. The van der Waals surface area contributed by atoms with E-state index in [9.17, 15) is 18.8 Å². The summed E-state index contributed by atoms with van der Waals surface area (Å²) in [5.41, 5.74) is 0.0106. The summed E-state index contributed by atoms with van der Waals surface area (Å²) in [6, 6.07) is 4.44. The van der Waals surface area contributed by atoms with E-state index in [0.29, 0.717) is 11.8 Å². The van der Waals surface area contributed by atoms with E-state index in [2.05, 4.69) is 10.6 Å². The van der Waals surface area contributed by atoms with E-state index in [4.69, 9.17) is 5.11 Å². The van der Waals surface area contributed by atoms with Crippen molar-refractivity contribution >= 4 is 34.6 Å². The lowest BCUT2D eigenvalue weighted by molar-refractivity contribution is -0.140. The Morgan fingerprint density at radius 3 is 2.55 bits per heavy atom. The van der Waals surface area contributed by atoms with Crippen molar-refractivity contribution in [2.45, 2.75) is 13.0 Å². The molecule has 0 aliphatic carbocycles. The Morgan fingerprint density at radius 2 is 2.00 bits per heavy atom. The Bertz CT molecular complexity index is 524. The van der Waals surface area contributed by atoms with Gasteiger partial charge in [0.05, 0.1) is 5.69 Å². The van der Waals surface area contributed by atoms with Crippen LogP contribution in [0.1, 0.15) is 6.92 Å². The van der Waals surface area contributed by atoms with Crippen LogP contribution < -0.4 is 10.6 Å². The number of hydrogen-bond donors (Lipinski definition) is 3. The smallest absolute Gasteiger partial charge is 0.327 e. The van der Waals surface area contributed by atoms with Crippen molar-refractivity contribution < 1.29 is 23.9 Å². The van der Waals surface area contributed by atoms with E-state index < -0.39 is 29.0 Å². The molecule has 0 bridgehead atoms. The molecule has 0 saturated heterocycles. The van der Waals surface area contributed by atoms with Crippen molar-refractivity contribution in [3.05, 3.63) is 30.1 Å². The van der Waals surface area contributed by atoms with Crippen LogP contribution in [-0.4, -0.2) is 34.0 Å². The highest BCUT2D eigenvalue weighted by molar-refractivity contribution is 8.13. The Balaban J connectivity index is 2.52. The number of carbonyl (C=O) groups is 3. The molecule has 1 aromatic rings. The maximum atomic E-state index is 13.3. The van der Waals surface area contributed by atoms with E-state index >= 15 is 0 Å². The second-order valence-corrected chi connectivity index (χ2v) is 4.79. The van der Waals surface area contributed by atoms with Crippen LogP contribution in [0.5, 0.6) is 0 Å². The third kappa shape index (κ3) is 5.27. The molecule has 0 spiro atoms. The fourth-order valence-electron chi connectivity index (χ4n) is 1.29. The van der Waals surface area contributed by atoms with E-state index in [-0.39, 0.29) is 11.4 Å². The Labute approximate surface area is 118 Å². The first-order valence-electron chi connectivity index (χ1n) is 5.58. The molecule has 1 aromatic carbocycles. The number of thioether (sulfide) groups is 1. The number of para-hydroxylation sites is 1. The van der Waals surface area contributed by atoms with Crippen molar-refractivity contribution in [2.24, 2.45) is 0 Å². The average Bonchev–Trinajstić information content (AvgIpc) is 2.36. The highest BCUT2D eigenvalue weighted by Gasteiger charge is 2.20. The summed E-state index contributed by atoms with van der Waals surface area (Å²) >= 11 is 0.646. The van der Waals surface area contributed by atoms with Crippen LogP contribution in [0.15, 0.2) is 24.3 Å². The Hall–Kier alpha value is -2.09. The molecule has 1 atom stereocenters. The molecule has 6 nitrogen and oxygen atoms in total. The minimum Gasteiger partial charge on any atom is -0.480 e. The molecule has 0 aliphatic heterocycles. The van der Waals surface area contributed by atoms with Gasteiger partial charge in [-0.25, -0.2) is 9.18 Å². The van der Waals surface area contributed by atoms with E-state index in [0.717, 1.165) is 0 Å². The van der Waals surface area contributed by atoms with Gasteiger partial charge in [0.25, 0.3) is 5.24 Å². The van der Waals surface area contributed by atoms with Crippen molar-refractivity contribution in [1.82, 2.24) is 5.32 Å². The molecule has 0 heterocycles. The molecule has 20 heavy (non-hydrogen) atoms. The monoisotopic (exact) mass is 300 g/mol. The summed E-state index contributed by atoms with van der Waals surface area (Å²) in [5.74, 6) is -2.49. The second-order valence-electron chi connectivity index (χ2n) is 3.79. The molecular weight excluding hydrogens is 287 g/mol. The molecule has 0 aliphatic rings. The number of anilines is 1. The molecule has 108 valence electrons. The van der Waals surface area contributed by atoms with Crippen LogP contribution in [0, 0.1) is 5.82 Å². The van der Waals surface area contributed by atoms with Gasteiger partial charge in [0.1, 0.15) is 11.9 Å². The lowest BCUT2D eigenvalue weighted by atomic mass is 10.3. The molecule has 0 fully saturated rings. The van der Waals surface area contributed by atoms with Crippen LogP contribution in [0.25, 0.3) is 0 Å². The van der Waals surface area contributed by atoms with Gasteiger partial charge in [-0.05, 0) is 12.1 Å². The fraction of sp³-hybridized carbons (Fsp3) is 0.250. The highest BCUT2D eigenvalue weighted by Crippen LogP contribution is 2.16. The minimum absolute atomic E-state index is 0.0106. The Kier molecular flexibility index (Phi) is 5.98. The van der Waals surface area contributed by atoms with Crippen LogP contribution >= 0.6 is 11.8 Å². The van der Waals surface area contributed by atoms with Gasteiger partial charge in [-0.3, -0.25) is 9.59 Å². The Morgan fingerprint density at radius 1 is 1.35 bits per heavy atom. The van der Waals surface area contributed by atoms with Crippen LogP contribution in [0.4, 0.5) is 14.9 Å². The second kappa shape index (κ2) is 7.49. The van der Waals surface area contributed by atoms with Crippen LogP contribution in [0.3, 0.4) is 0 Å². The third-order valence-corrected chi connectivity index (χ3v) is 3.03. The van der Waals surface area contributed by atoms with Gasteiger partial charge >= 0.3 is 5.97 Å². The van der Waals surface area contributed by atoms with Gasteiger partial charge in [-0.15, -0.1) is 0 Å². The lowest BCUT2D eigenvalue weighted by Crippen LogP contribution is -2.41. The number of carboxylic acids is 1. The molecule has 8 heteroatoms. The van der Waals surface area contributed by atoms with E-state index in [1.165, 1.54) is 25.1 Å². The molecule has 2 amide bonds. The molecule has 0 unspecified atom stereocenters. The van der Waals surface area contributed by atoms with Gasteiger partial charge in [0.2, 0.25) is 5.91 Å². The number of hydrogen-bond acceptors (Lipinski definition) is 4. The number of carbonyl (C=O) groups excluding carboxylic acids is 2. The third-order valence-electron chi connectivity index (χ3n) is 2.17. The van der Waals surface area contributed by atoms with Gasteiger partial charge in [0.15, 0.2) is 0 Å². The zero-order valence-electron chi connectivity index (χ0n) is 10.6. The number of aliphatic carboxylic acids is 1. The number of nitrogens with one attached hydrogen (secondary N) is 2.